The van der Waals surface area contributed by atoms with Crippen LogP contribution < -0.4 is 0 Å². The van der Waals surface area contributed by atoms with Gasteiger partial charge in [-0.3, -0.25) is 4.79 Å². The summed E-state index contributed by atoms with van der Waals surface area (Å²) in [5.74, 6) is 0.606. The Kier molecular flexibility index (Phi) is 3.80. The molecule has 0 unspecified atom stereocenters. The fourth-order valence-corrected chi connectivity index (χ4v) is 2.65. The minimum atomic E-state index is -0.0510. The van der Waals surface area contributed by atoms with Gasteiger partial charge in [0.05, 0.1) is 5.92 Å². The van der Waals surface area contributed by atoms with Gasteiger partial charge < -0.3 is 4.74 Å². The van der Waals surface area contributed by atoms with Crippen LogP contribution >= 0.6 is 0 Å². The normalized spacial score (nSPS) is 30.3. The number of esters is 1. The zero-order chi connectivity index (χ0) is 11.6. The Morgan fingerprint density at radius 2 is 1.93 bits per heavy atom. The lowest BCUT2D eigenvalue weighted by atomic mass is 9.71. The first-order valence-corrected chi connectivity index (χ1v) is 6.00. The van der Waals surface area contributed by atoms with E-state index in [0.717, 1.165) is 12.8 Å². The third-order valence-corrected chi connectivity index (χ3v) is 3.10. The molecule has 1 fully saturated rings. The summed E-state index contributed by atoms with van der Waals surface area (Å²) in [6.07, 6.45) is 3.42. The summed E-state index contributed by atoms with van der Waals surface area (Å²) in [5.41, 5.74) is 0.319. The topological polar surface area (TPSA) is 26.3 Å². The standard InChI is InChI=1S/C13H24O2/c1-9(2)12(14)15-11-6-10(3)7-13(4,5)8-11/h9-11H,6-8H2,1-5H3/t10-,11+/m1/s1. The Hall–Kier alpha value is -0.530. The van der Waals surface area contributed by atoms with E-state index >= 15 is 0 Å². The predicted octanol–water partition coefficient (Wildman–Crippen LogP) is 3.40. The van der Waals surface area contributed by atoms with Crippen LogP contribution in [0.15, 0.2) is 0 Å². The fourth-order valence-electron chi connectivity index (χ4n) is 2.65. The molecule has 0 aromatic carbocycles. The van der Waals surface area contributed by atoms with Gasteiger partial charge in [0.25, 0.3) is 0 Å². The summed E-state index contributed by atoms with van der Waals surface area (Å²) >= 11 is 0. The molecule has 0 saturated heterocycles. The Balaban J connectivity index is 2.52. The second-order valence-electron chi connectivity index (χ2n) is 6.13. The van der Waals surface area contributed by atoms with Crippen molar-refractivity contribution < 1.29 is 9.53 Å². The third-order valence-electron chi connectivity index (χ3n) is 3.10. The van der Waals surface area contributed by atoms with Gasteiger partial charge in [0.15, 0.2) is 0 Å². The first kappa shape index (κ1) is 12.5. The summed E-state index contributed by atoms with van der Waals surface area (Å²) in [5, 5.41) is 0. The molecule has 0 bridgehead atoms. The van der Waals surface area contributed by atoms with Crippen LogP contribution in [-0.2, 0) is 9.53 Å². The van der Waals surface area contributed by atoms with Gasteiger partial charge in [0.2, 0.25) is 0 Å². The van der Waals surface area contributed by atoms with E-state index in [9.17, 15) is 4.79 Å². The molecule has 0 aromatic heterocycles. The highest BCUT2D eigenvalue weighted by Gasteiger charge is 2.34. The molecule has 88 valence electrons. The monoisotopic (exact) mass is 212 g/mol. The van der Waals surface area contributed by atoms with E-state index in [1.54, 1.807) is 0 Å². The smallest absolute Gasteiger partial charge is 0.308 e. The van der Waals surface area contributed by atoms with Crippen LogP contribution in [0.4, 0.5) is 0 Å². The molecule has 15 heavy (non-hydrogen) atoms. The van der Waals surface area contributed by atoms with Gasteiger partial charge in [-0.1, -0.05) is 34.6 Å². The number of carbonyl (C=O) groups is 1. The molecular formula is C13H24O2. The molecule has 0 aromatic rings. The van der Waals surface area contributed by atoms with Crippen molar-refractivity contribution in [2.45, 2.75) is 60.0 Å². The number of ether oxygens (including phenoxy) is 1. The predicted molar refractivity (Wildman–Crippen MR) is 61.5 cm³/mol. The van der Waals surface area contributed by atoms with Crippen molar-refractivity contribution in [1.82, 2.24) is 0 Å². The number of carbonyl (C=O) groups excluding carboxylic acids is 1. The maximum absolute atomic E-state index is 11.5. The molecule has 1 rings (SSSR count). The van der Waals surface area contributed by atoms with Crippen molar-refractivity contribution in [3.63, 3.8) is 0 Å². The Morgan fingerprint density at radius 3 is 2.40 bits per heavy atom. The first-order valence-electron chi connectivity index (χ1n) is 6.00. The molecule has 0 spiro atoms. The van der Waals surface area contributed by atoms with Gasteiger partial charge in [-0.2, -0.15) is 0 Å². The molecule has 0 heterocycles. The molecule has 1 aliphatic rings. The Labute approximate surface area is 93.4 Å². The van der Waals surface area contributed by atoms with E-state index in [4.69, 9.17) is 4.74 Å². The quantitative estimate of drug-likeness (QED) is 0.656. The minimum absolute atomic E-state index is 0.00894. The van der Waals surface area contributed by atoms with Crippen molar-refractivity contribution >= 4 is 5.97 Å². The second-order valence-corrected chi connectivity index (χ2v) is 6.13. The number of rotatable bonds is 2. The van der Waals surface area contributed by atoms with E-state index in [1.807, 2.05) is 13.8 Å². The van der Waals surface area contributed by atoms with Crippen LogP contribution in [0.25, 0.3) is 0 Å². The van der Waals surface area contributed by atoms with Crippen molar-refractivity contribution in [2.24, 2.45) is 17.3 Å². The maximum atomic E-state index is 11.5. The molecule has 0 N–H and O–H groups in total. The van der Waals surface area contributed by atoms with Crippen molar-refractivity contribution in [3.05, 3.63) is 0 Å². The van der Waals surface area contributed by atoms with Crippen molar-refractivity contribution in [2.75, 3.05) is 0 Å². The first-order chi connectivity index (χ1) is 6.80. The molecule has 2 atom stereocenters. The molecule has 2 nitrogen and oxygen atoms in total. The van der Waals surface area contributed by atoms with Gasteiger partial charge in [-0.15, -0.1) is 0 Å². The number of hydrogen-bond acceptors (Lipinski definition) is 2. The van der Waals surface area contributed by atoms with Crippen molar-refractivity contribution in [1.29, 1.82) is 0 Å². The SMILES string of the molecule is CC(C)C(=O)O[C@H]1C[C@@H](C)CC(C)(C)C1. The molecule has 0 radical (unpaired) electrons. The van der Waals surface area contributed by atoms with E-state index < -0.39 is 0 Å². The largest absolute Gasteiger partial charge is 0.462 e. The molecule has 0 aliphatic heterocycles. The van der Waals surface area contributed by atoms with Gasteiger partial charge in [-0.25, -0.2) is 0 Å². The van der Waals surface area contributed by atoms with E-state index in [2.05, 4.69) is 20.8 Å². The average molecular weight is 212 g/mol. The molecule has 2 heteroatoms. The summed E-state index contributed by atoms with van der Waals surface area (Å²) in [4.78, 5) is 11.5. The van der Waals surface area contributed by atoms with E-state index in [1.165, 1.54) is 6.42 Å². The van der Waals surface area contributed by atoms with Crippen LogP contribution in [0.1, 0.15) is 53.9 Å². The average Bonchev–Trinajstić information content (AvgIpc) is 1.99. The summed E-state index contributed by atoms with van der Waals surface area (Å²) < 4.78 is 5.52. The highest BCUT2D eigenvalue weighted by atomic mass is 16.5. The zero-order valence-corrected chi connectivity index (χ0v) is 10.7. The lowest BCUT2D eigenvalue weighted by Gasteiger charge is -2.38. The van der Waals surface area contributed by atoms with Crippen LogP contribution in [0.5, 0.6) is 0 Å². The van der Waals surface area contributed by atoms with E-state index in [0.29, 0.717) is 11.3 Å². The van der Waals surface area contributed by atoms with Crippen LogP contribution in [0.2, 0.25) is 0 Å². The van der Waals surface area contributed by atoms with Gasteiger partial charge >= 0.3 is 5.97 Å². The van der Waals surface area contributed by atoms with Crippen LogP contribution in [-0.4, -0.2) is 12.1 Å². The zero-order valence-electron chi connectivity index (χ0n) is 10.7. The molecular weight excluding hydrogens is 188 g/mol. The van der Waals surface area contributed by atoms with Crippen molar-refractivity contribution in [3.8, 4) is 0 Å². The molecule has 1 aliphatic carbocycles. The minimum Gasteiger partial charge on any atom is -0.462 e. The van der Waals surface area contributed by atoms with Crippen LogP contribution in [0, 0.1) is 17.3 Å². The van der Waals surface area contributed by atoms with Gasteiger partial charge in [0, 0.05) is 0 Å². The lowest BCUT2D eigenvalue weighted by Crippen LogP contribution is -2.34. The summed E-state index contributed by atoms with van der Waals surface area (Å²) in [7, 11) is 0. The van der Waals surface area contributed by atoms with E-state index in [-0.39, 0.29) is 18.0 Å². The fraction of sp³-hybridized carbons (Fsp3) is 0.923. The molecule has 0 amide bonds. The van der Waals surface area contributed by atoms with Gasteiger partial charge in [-0.05, 0) is 30.6 Å². The summed E-state index contributed by atoms with van der Waals surface area (Å²) in [6.45, 7) is 10.5. The third kappa shape index (κ3) is 3.84. The highest BCUT2D eigenvalue weighted by Crippen LogP contribution is 2.39. The second kappa shape index (κ2) is 4.54. The lowest BCUT2D eigenvalue weighted by molar-refractivity contribution is -0.157. The summed E-state index contributed by atoms with van der Waals surface area (Å²) in [6, 6.07) is 0. The Bertz CT molecular complexity index is 231. The Morgan fingerprint density at radius 1 is 1.33 bits per heavy atom. The van der Waals surface area contributed by atoms with Gasteiger partial charge in [0.1, 0.15) is 6.10 Å². The number of hydrogen-bond donors (Lipinski definition) is 0. The highest BCUT2D eigenvalue weighted by molar-refractivity contribution is 5.71. The molecule has 1 saturated carbocycles. The maximum Gasteiger partial charge on any atom is 0.308 e. The van der Waals surface area contributed by atoms with Crippen LogP contribution in [0.3, 0.4) is 0 Å².